The molecular weight excluding hydrogens is 100 g/mol. The first kappa shape index (κ1) is 6.05. The zero-order valence-corrected chi connectivity index (χ0v) is 5.28. The summed E-state index contributed by atoms with van der Waals surface area (Å²) >= 11 is 0. The smallest absolute Gasteiger partial charge is 0.0582 e. The average molecular weight is 112 g/mol. The molecular formula is C6H12N2. The third-order valence-electron chi connectivity index (χ3n) is 1.43. The maximum Gasteiger partial charge on any atom is 0.0582 e. The number of rotatable bonds is 1. The van der Waals surface area contributed by atoms with Crippen LogP contribution in [0.1, 0.15) is 6.92 Å². The van der Waals surface area contributed by atoms with E-state index in [1.165, 1.54) is 0 Å². The summed E-state index contributed by atoms with van der Waals surface area (Å²) in [6.07, 6.45) is 0. The monoisotopic (exact) mass is 112 g/mol. The van der Waals surface area contributed by atoms with Gasteiger partial charge in [-0.2, -0.15) is 0 Å². The van der Waals surface area contributed by atoms with Gasteiger partial charge in [0, 0.05) is 26.2 Å². The Bertz CT molecular complexity index is 57.5. The maximum absolute atomic E-state index is 3.27. The molecule has 2 heteroatoms. The van der Waals surface area contributed by atoms with Crippen LogP contribution < -0.4 is 5.32 Å². The lowest BCUT2D eigenvalue weighted by molar-refractivity contribution is 0.293. The predicted molar refractivity (Wildman–Crippen MR) is 33.4 cm³/mol. The number of hydrogen-bond acceptors (Lipinski definition) is 2. The zero-order valence-electron chi connectivity index (χ0n) is 5.28. The van der Waals surface area contributed by atoms with Gasteiger partial charge in [-0.25, -0.2) is 0 Å². The molecule has 1 rings (SSSR count). The highest BCUT2D eigenvalue weighted by Crippen LogP contribution is 1.92. The lowest BCUT2D eigenvalue weighted by Crippen LogP contribution is -2.41. The summed E-state index contributed by atoms with van der Waals surface area (Å²) < 4.78 is 0. The van der Waals surface area contributed by atoms with Gasteiger partial charge in [-0.15, -0.1) is 0 Å². The van der Waals surface area contributed by atoms with Crippen molar-refractivity contribution in [3.8, 4) is 0 Å². The zero-order chi connectivity index (χ0) is 5.82. The van der Waals surface area contributed by atoms with Gasteiger partial charge in [-0.3, -0.25) is 4.90 Å². The minimum atomic E-state index is 1.11. The van der Waals surface area contributed by atoms with E-state index < -0.39 is 0 Å². The maximum atomic E-state index is 3.27. The van der Waals surface area contributed by atoms with E-state index in [1.807, 2.05) is 6.92 Å². The van der Waals surface area contributed by atoms with Crippen LogP contribution in [0.2, 0.25) is 0 Å². The Balaban J connectivity index is 2.13. The molecule has 46 valence electrons. The fourth-order valence-corrected chi connectivity index (χ4v) is 0.888. The second-order valence-corrected chi connectivity index (χ2v) is 1.96. The Kier molecular flexibility index (Phi) is 2.30. The standard InChI is InChI=1S/C6H12N2/c1-2-8-5-3-7-4-6-8/h7H,3-6H2,1H3. The Morgan fingerprint density at radius 2 is 2.00 bits per heavy atom. The molecule has 0 aromatic heterocycles. The Morgan fingerprint density at radius 1 is 1.38 bits per heavy atom. The molecule has 1 N–H and O–H groups in total. The number of nitrogens with zero attached hydrogens (tertiary/aromatic N) is 1. The third kappa shape index (κ3) is 1.46. The fourth-order valence-electron chi connectivity index (χ4n) is 0.888. The van der Waals surface area contributed by atoms with Gasteiger partial charge in [-0.1, -0.05) is 0 Å². The summed E-state index contributed by atoms with van der Waals surface area (Å²) in [6, 6.07) is 0. The van der Waals surface area contributed by atoms with Crippen LogP contribution in [0.4, 0.5) is 0 Å². The number of nitrogens with one attached hydrogen (secondary N) is 1. The third-order valence-corrected chi connectivity index (χ3v) is 1.43. The molecule has 0 amide bonds. The quantitative estimate of drug-likeness (QED) is 0.511. The molecule has 1 fully saturated rings. The summed E-state index contributed by atoms with van der Waals surface area (Å²) in [4.78, 5) is 2.20. The molecule has 0 atom stereocenters. The first-order chi connectivity index (χ1) is 3.93. The molecule has 0 aliphatic carbocycles. The van der Waals surface area contributed by atoms with E-state index >= 15 is 0 Å². The molecule has 1 aliphatic heterocycles. The van der Waals surface area contributed by atoms with Crippen molar-refractivity contribution in [3.05, 3.63) is 6.54 Å². The van der Waals surface area contributed by atoms with Gasteiger partial charge >= 0.3 is 0 Å². The molecule has 2 nitrogen and oxygen atoms in total. The molecule has 1 aliphatic rings. The minimum absolute atomic E-state index is 1.11. The highest BCUT2D eigenvalue weighted by Gasteiger charge is 2.05. The van der Waals surface area contributed by atoms with Crippen molar-refractivity contribution in [1.29, 1.82) is 0 Å². The van der Waals surface area contributed by atoms with E-state index in [2.05, 4.69) is 16.8 Å². The molecule has 0 bridgehead atoms. The van der Waals surface area contributed by atoms with Crippen molar-refractivity contribution in [2.75, 3.05) is 26.2 Å². The van der Waals surface area contributed by atoms with Crippen LogP contribution in [0.25, 0.3) is 0 Å². The Labute approximate surface area is 50.9 Å². The van der Waals surface area contributed by atoms with Crippen LogP contribution in [0, 0.1) is 6.54 Å². The van der Waals surface area contributed by atoms with Gasteiger partial charge in [0.1, 0.15) is 0 Å². The second-order valence-electron chi connectivity index (χ2n) is 1.96. The van der Waals surface area contributed by atoms with Crippen LogP contribution in [-0.4, -0.2) is 31.1 Å². The van der Waals surface area contributed by atoms with Gasteiger partial charge in [0.2, 0.25) is 0 Å². The molecule has 0 unspecified atom stereocenters. The van der Waals surface area contributed by atoms with Crippen molar-refractivity contribution >= 4 is 0 Å². The average Bonchev–Trinajstić information content (AvgIpc) is 1.90. The van der Waals surface area contributed by atoms with Crippen molar-refractivity contribution < 1.29 is 0 Å². The first-order valence-electron chi connectivity index (χ1n) is 3.06. The lowest BCUT2D eigenvalue weighted by atomic mass is 10.4. The largest absolute Gasteiger partial charge is 0.314 e. The van der Waals surface area contributed by atoms with Crippen molar-refractivity contribution in [3.63, 3.8) is 0 Å². The molecule has 0 aromatic rings. The number of hydrogen-bond donors (Lipinski definition) is 1. The summed E-state index contributed by atoms with van der Waals surface area (Å²) in [6.45, 7) is 9.53. The van der Waals surface area contributed by atoms with Crippen molar-refractivity contribution in [2.45, 2.75) is 6.92 Å². The molecule has 8 heavy (non-hydrogen) atoms. The molecule has 0 saturated carbocycles. The fraction of sp³-hybridized carbons (Fsp3) is 0.833. The highest BCUT2D eigenvalue weighted by molar-refractivity contribution is 4.70. The highest BCUT2D eigenvalue weighted by atomic mass is 15.2. The lowest BCUT2D eigenvalue weighted by Gasteiger charge is -2.24. The van der Waals surface area contributed by atoms with Gasteiger partial charge in [0.05, 0.1) is 6.54 Å². The molecule has 2 radical (unpaired) electrons. The van der Waals surface area contributed by atoms with Crippen LogP contribution >= 0.6 is 0 Å². The predicted octanol–water partition coefficient (Wildman–Crippen LogP) is -0.0497. The van der Waals surface area contributed by atoms with Crippen LogP contribution in [0.5, 0.6) is 0 Å². The van der Waals surface area contributed by atoms with Crippen LogP contribution in [-0.2, 0) is 0 Å². The SMILES string of the molecule is C[C]N1CCNCC1. The van der Waals surface area contributed by atoms with Gasteiger partial charge < -0.3 is 5.32 Å². The summed E-state index contributed by atoms with van der Waals surface area (Å²) in [7, 11) is 0. The summed E-state index contributed by atoms with van der Waals surface area (Å²) in [5.74, 6) is 0. The van der Waals surface area contributed by atoms with E-state index in [0.29, 0.717) is 0 Å². The number of piperazine rings is 1. The topological polar surface area (TPSA) is 15.3 Å². The van der Waals surface area contributed by atoms with Gasteiger partial charge in [0.15, 0.2) is 0 Å². The summed E-state index contributed by atoms with van der Waals surface area (Å²) in [5.41, 5.74) is 0. The van der Waals surface area contributed by atoms with E-state index in [0.717, 1.165) is 26.2 Å². The molecule has 0 aromatic carbocycles. The first-order valence-corrected chi connectivity index (χ1v) is 3.06. The second kappa shape index (κ2) is 3.05. The van der Waals surface area contributed by atoms with Gasteiger partial charge in [0.25, 0.3) is 0 Å². The Morgan fingerprint density at radius 3 is 2.38 bits per heavy atom. The Hall–Kier alpha value is -0.0800. The van der Waals surface area contributed by atoms with Crippen LogP contribution in [0.3, 0.4) is 0 Å². The normalized spacial score (nSPS) is 23.6. The van der Waals surface area contributed by atoms with Crippen LogP contribution in [0.15, 0.2) is 0 Å². The summed E-state index contributed by atoms with van der Waals surface area (Å²) in [5, 5.41) is 3.27. The molecule has 1 heterocycles. The van der Waals surface area contributed by atoms with E-state index in [-0.39, 0.29) is 0 Å². The van der Waals surface area contributed by atoms with Crippen molar-refractivity contribution in [1.82, 2.24) is 10.2 Å². The minimum Gasteiger partial charge on any atom is -0.314 e. The van der Waals surface area contributed by atoms with E-state index in [4.69, 9.17) is 0 Å². The van der Waals surface area contributed by atoms with E-state index in [9.17, 15) is 0 Å². The van der Waals surface area contributed by atoms with Crippen molar-refractivity contribution in [2.24, 2.45) is 0 Å². The van der Waals surface area contributed by atoms with E-state index in [1.54, 1.807) is 0 Å². The molecule has 0 spiro atoms. The molecule has 1 saturated heterocycles. The van der Waals surface area contributed by atoms with Gasteiger partial charge in [-0.05, 0) is 6.92 Å².